The second-order valence-corrected chi connectivity index (χ2v) is 8.12. The lowest BCUT2D eigenvalue weighted by atomic mass is 10.3. The maximum atomic E-state index is 12.3. The molecule has 0 spiro atoms. The highest BCUT2D eigenvalue weighted by Crippen LogP contribution is 2.23. The van der Waals surface area contributed by atoms with Crippen molar-refractivity contribution < 1.29 is 4.79 Å². The molecule has 128 valence electrons. The number of thiazole rings is 1. The first-order valence-corrected chi connectivity index (χ1v) is 10.0. The lowest BCUT2D eigenvalue weighted by Gasteiger charge is -2.33. The zero-order valence-corrected chi connectivity index (χ0v) is 15.4. The van der Waals surface area contributed by atoms with Gasteiger partial charge in [-0.15, -0.1) is 22.7 Å². The highest BCUT2D eigenvalue weighted by Gasteiger charge is 2.20. The minimum Gasteiger partial charge on any atom is -0.337 e. The molecule has 0 atom stereocenters. The molecule has 0 unspecified atom stereocenters. The summed E-state index contributed by atoms with van der Waals surface area (Å²) < 4.78 is 1.24. The average Bonchev–Trinajstić information content (AvgIpc) is 3.29. The molecule has 0 radical (unpaired) electrons. The highest BCUT2D eigenvalue weighted by atomic mass is 32.1. The number of hydrogen-bond acceptors (Lipinski definition) is 5. The van der Waals surface area contributed by atoms with Crippen LogP contribution in [0.4, 0.5) is 0 Å². The van der Waals surface area contributed by atoms with Crippen molar-refractivity contribution in [1.29, 1.82) is 0 Å². The zero-order valence-electron chi connectivity index (χ0n) is 13.8. The van der Waals surface area contributed by atoms with E-state index in [0.29, 0.717) is 0 Å². The Balaban J connectivity index is 1.31. The van der Waals surface area contributed by atoms with Gasteiger partial charge in [-0.1, -0.05) is 18.2 Å². The fraction of sp³-hybridized carbons (Fsp3) is 0.263. The van der Waals surface area contributed by atoms with E-state index in [4.69, 9.17) is 4.98 Å². The Morgan fingerprint density at radius 3 is 2.72 bits per heavy atom. The van der Waals surface area contributed by atoms with Crippen LogP contribution in [0.2, 0.25) is 0 Å². The molecule has 1 aliphatic heterocycles. The predicted octanol–water partition coefficient (Wildman–Crippen LogP) is 3.72. The van der Waals surface area contributed by atoms with Gasteiger partial charge in [0.2, 0.25) is 5.91 Å². The van der Waals surface area contributed by atoms with Gasteiger partial charge in [0, 0.05) is 37.1 Å². The van der Waals surface area contributed by atoms with Crippen LogP contribution < -0.4 is 0 Å². The molecule has 6 heteroatoms. The van der Waals surface area contributed by atoms with Crippen molar-refractivity contribution in [1.82, 2.24) is 14.8 Å². The molecule has 0 aliphatic carbocycles. The van der Waals surface area contributed by atoms with Gasteiger partial charge in [-0.05, 0) is 29.7 Å². The fourth-order valence-corrected chi connectivity index (χ4v) is 4.58. The Labute approximate surface area is 155 Å². The van der Waals surface area contributed by atoms with Crippen molar-refractivity contribution >= 4 is 44.9 Å². The number of nitrogens with zero attached hydrogens (tertiary/aromatic N) is 3. The van der Waals surface area contributed by atoms with Crippen molar-refractivity contribution in [2.45, 2.75) is 6.54 Å². The number of piperazine rings is 1. The number of para-hydroxylation sites is 1. The lowest BCUT2D eigenvalue weighted by molar-refractivity contribution is -0.127. The van der Waals surface area contributed by atoms with Crippen LogP contribution in [-0.2, 0) is 11.3 Å². The van der Waals surface area contributed by atoms with Crippen molar-refractivity contribution in [3.8, 4) is 0 Å². The summed E-state index contributed by atoms with van der Waals surface area (Å²) in [5.74, 6) is 0.105. The molecule has 2 aromatic heterocycles. The van der Waals surface area contributed by atoms with Crippen LogP contribution in [0.5, 0.6) is 0 Å². The molecule has 25 heavy (non-hydrogen) atoms. The van der Waals surface area contributed by atoms with E-state index in [1.54, 1.807) is 28.7 Å². The molecule has 1 aromatic carbocycles. The number of amides is 1. The maximum absolute atomic E-state index is 12.3. The van der Waals surface area contributed by atoms with Gasteiger partial charge in [0.15, 0.2) is 0 Å². The van der Waals surface area contributed by atoms with Crippen LogP contribution in [0.25, 0.3) is 16.3 Å². The van der Waals surface area contributed by atoms with Gasteiger partial charge < -0.3 is 4.90 Å². The van der Waals surface area contributed by atoms with Gasteiger partial charge >= 0.3 is 0 Å². The van der Waals surface area contributed by atoms with E-state index < -0.39 is 0 Å². The first kappa shape index (κ1) is 16.4. The van der Waals surface area contributed by atoms with Gasteiger partial charge in [0.25, 0.3) is 0 Å². The largest absolute Gasteiger partial charge is 0.337 e. The Morgan fingerprint density at radius 2 is 1.96 bits per heavy atom. The number of fused-ring (bicyclic) bond motifs is 1. The summed E-state index contributed by atoms with van der Waals surface area (Å²) >= 11 is 3.40. The summed E-state index contributed by atoms with van der Waals surface area (Å²) in [6, 6.07) is 12.3. The SMILES string of the molecule is O=C(/C=C\c1cccs1)N1CCN(Cc2nc3ccccc3s2)CC1. The van der Waals surface area contributed by atoms with Crippen molar-refractivity contribution in [2.75, 3.05) is 26.2 Å². The second kappa shape index (κ2) is 7.47. The van der Waals surface area contributed by atoms with Gasteiger partial charge in [0.1, 0.15) is 5.01 Å². The zero-order chi connectivity index (χ0) is 17.1. The standard InChI is InChI=1S/C19H19N3OS2/c23-19(8-7-15-4-3-13-24-15)22-11-9-21(10-12-22)14-18-20-16-5-1-2-6-17(16)25-18/h1-8,13H,9-12,14H2/b8-7-. The third kappa shape index (κ3) is 3.98. The summed E-state index contributed by atoms with van der Waals surface area (Å²) in [5, 5.41) is 3.17. The normalized spacial score (nSPS) is 16.1. The van der Waals surface area contributed by atoms with Crippen LogP contribution in [0, 0.1) is 0 Å². The van der Waals surface area contributed by atoms with Crippen molar-refractivity contribution in [3.63, 3.8) is 0 Å². The van der Waals surface area contributed by atoms with Crippen molar-refractivity contribution in [2.24, 2.45) is 0 Å². The molecule has 1 aliphatic rings. The van der Waals surface area contributed by atoms with E-state index in [0.717, 1.165) is 48.1 Å². The molecule has 3 aromatic rings. The molecular formula is C19H19N3OS2. The van der Waals surface area contributed by atoms with E-state index in [9.17, 15) is 4.79 Å². The van der Waals surface area contributed by atoms with Gasteiger partial charge in [-0.25, -0.2) is 4.98 Å². The monoisotopic (exact) mass is 369 g/mol. The molecule has 3 heterocycles. The molecule has 1 amide bonds. The number of carbonyl (C=O) groups is 1. The molecule has 1 fully saturated rings. The highest BCUT2D eigenvalue weighted by molar-refractivity contribution is 7.18. The molecule has 0 saturated carbocycles. The van der Waals surface area contributed by atoms with E-state index in [2.05, 4.69) is 23.1 Å². The molecule has 0 bridgehead atoms. The fourth-order valence-electron chi connectivity index (χ4n) is 2.95. The number of aromatic nitrogens is 1. The summed E-state index contributed by atoms with van der Waals surface area (Å²) in [7, 11) is 0. The molecule has 0 N–H and O–H groups in total. The van der Waals surface area contributed by atoms with Gasteiger partial charge in [-0.2, -0.15) is 0 Å². The molecule has 1 saturated heterocycles. The Kier molecular flexibility index (Phi) is 4.92. The molecule has 4 rings (SSSR count). The number of thiophene rings is 1. The number of carbonyl (C=O) groups excluding carboxylic acids is 1. The quantitative estimate of drug-likeness (QED) is 0.658. The van der Waals surface area contributed by atoms with E-state index in [-0.39, 0.29) is 5.91 Å². The summed E-state index contributed by atoms with van der Waals surface area (Å²) in [6.07, 6.45) is 3.59. The third-order valence-corrected chi connectivity index (χ3v) is 6.17. The smallest absolute Gasteiger partial charge is 0.246 e. The first-order chi connectivity index (χ1) is 12.3. The lowest BCUT2D eigenvalue weighted by Crippen LogP contribution is -2.47. The summed E-state index contributed by atoms with van der Waals surface area (Å²) in [4.78, 5) is 22.4. The van der Waals surface area contributed by atoms with Crippen LogP contribution in [-0.4, -0.2) is 46.9 Å². The Morgan fingerprint density at radius 1 is 1.12 bits per heavy atom. The van der Waals surface area contributed by atoms with Gasteiger partial charge in [0.05, 0.1) is 16.8 Å². The average molecular weight is 370 g/mol. The number of rotatable bonds is 4. The Bertz CT molecular complexity index is 844. The minimum absolute atomic E-state index is 0.105. The van der Waals surface area contributed by atoms with E-state index in [1.165, 1.54) is 4.70 Å². The predicted molar refractivity (Wildman–Crippen MR) is 105 cm³/mol. The van der Waals surface area contributed by atoms with Crippen molar-refractivity contribution in [3.05, 3.63) is 57.7 Å². The maximum Gasteiger partial charge on any atom is 0.246 e. The van der Waals surface area contributed by atoms with Crippen LogP contribution >= 0.6 is 22.7 Å². The summed E-state index contributed by atoms with van der Waals surface area (Å²) in [5.41, 5.74) is 1.08. The van der Waals surface area contributed by atoms with Crippen LogP contribution in [0.1, 0.15) is 9.88 Å². The third-order valence-electron chi connectivity index (χ3n) is 4.31. The summed E-state index contributed by atoms with van der Waals surface area (Å²) in [6.45, 7) is 4.21. The van der Waals surface area contributed by atoms with Crippen LogP contribution in [0.15, 0.2) is 47.9 Å². The van der Waals surface area contributed by atoms with E-state index in [1.807, 2.05) is 34.6 Å². The van der Waals surface area contributed by atoms with Crippen LogP contribution in [0.3, 0.4) is 0 Å². The first-order valence-electron chi connectivity index (χ1n) is 8.35. The topological polar surface area (TPSA) is 36.4 Å². The van der Waals surface area contributed by atoms with Gasteiger partial charge in [-0.3, -0.25) is 9.69 Å². The molecular weight excluding hydrogens is 350 g/mol. The molecule has 4 nitrogen and oxygen atoms in total. The van der Waals surface area contributed by atoms with E-state index >= 15 is 0 Å². The second-order valence-electron chi connectivity index (χ2n) is 6.03. The minimum atomic E-state index is 0.105. The number of hydrogen-bond donors (Lipinski definition) is 0. The number of benzene rings is 1. The Hall–Kier alpha value is -2.02.